The van der Waals surface area contributed by atoms with E-state index in [-0.39, 0.29) is 0 Å². The number of carbonyl (C=O) groups is 1. The molecule has 0 aliphatic carbocycles. The van der Waals surface area contributed by atoms with Gasteiger partial charge in [0.25, 0.3) is 0 Å². The molecule has 2 heteroatoms. The molecule has 0 amide bonds. The zero-order chi connectivity index (χ0) is 24.1. The van der Waals surface area contributed by atoms with E-state index in [2.05, 4.69) is 74.3 Å². The molecule has 0 aromatic heterocycles. The van der Waals surface area contributed by atoms with Crippen LogP contribution in [-0.2, 0) is 6.54 Å². The first-order valence-electron chi connectivity index (χ1n) is 11.9. The monoisotopic (exact) mass is 439 g/mol. The van der Waals surface area contributed by atoms with E-state index in [1.807, 2.05) is 56.3 Å². The quantitative estimate of drug-likeness (QED) is 0.282. The van der Waals surface area contributed by atoms with E-state index in [9.17, 15) is 4.79 Å². The highest BCUT2D eigenvalue weighted by Crippen LogP contribution is 2.23. The molecule has 0 radical (unpaired) electrons. The first-order chi connectivity index (χ1) is 16.1. The van der Waals surface area contributed by atoms with Crippen molar-refractivity contribution in [1.29, 1.82) is 0 Å². The molecule has 0 aliphatic rings. The molecule has 4 aromatic rings. The molecule has 0 heterocycles. The summed E-state index contributed by atoms with van der Waals surface area (Å²) in [7, 11) is 2.19. The molecule has 33 heavy (non-hydrogen) atoms. The Labute approximate surface area is 199 Å². The van der Waals surface area contributed by atoms with E-state index in [1.54, 1.807) is 0 Å². The van der Waals surface area contributed by atoms with Crippen molar-refractivity contribution in [2.45, 2.75) is 40.7 Å². The van der Waals surface area contributed by atoms with Crippen LogP contribution in [0.15, 0.2) is 91.0 Å². The van der Waals surface area contributed by atoms with Crippen LogP contribution in [0.3, 0.4) is 0 Å². The summed E-state index contributed by atoms with van der Waals surface area (Å²) in [6, 6.07) is 31.0. The van der Waals surface area contributed by atoms with Crippen molar-refractivity contribution in [3.8, 4) is 11.1 Å². The number of rotatable bonds is 6. The van der Waals surface area contributed by atoms with Crippen molar-refractivity contribution in [2.75, 3.05) is 13.6 Å². The second kappa shape index (κ2) is 14.0. The number of aldehydes is 1. The lowest BCUT2D eigenvalue weighted by Gasteiger charge is -2.18. The van der Waals surface area contributed by atoms with Crippen LogP contribution in [0, 0.1) is 6.92 Å². The fraction of sp³-hybridized carbons (Fsp3) is 0.258. The average Bonchev–Trinajstić information content (AvgIpc) is 2.87. The number of benzene rings is 4. The molecule has 0 atom stereocenters. The molecule has 0 saturated carbocycles. The maximum atomic E-state index is 10.6. The second-order valence-corrected chi connectivity index (χ2v) is 7.93. The lowest BCUT2D eigenvalue weighted by atomic mass is 9.99. The predicted molar refractivity (Wildman–Crippen MR) is 144 cm³/mol. The van der Waals surface area contributed by atoms with Gasteiger partial charge in [-0.25, -0.2) is 0 Å². The highest BCUT2D eigenvalue weighted by atomic mass is 16.1. The molecular weight excluding hydrogens is 402 g/mol. The third-order valence-corrected chi connectivity index (χ3v) is 5.45. The van der Waals surface area contributed by atoms with Gasteiger partial charge in [0.05, 0.1) is 0 Å². The molecule has 0 fully saturated rings. The Bertz CT molecular complexity index is 1110. The van der Waals surface area contributed by atoms with Gasteiger partial charge < -0.3 is 4.90 Å². The third-order valence-electron chi connectivity index (χ3n) is 5.45. The number of aryl methyl sites for hydroxylation is 1. The Morgan fingerprint density at radius 2 is 1.45 bits per heavy atom. The summed E-state index contributed by atoms with van der Waals surface area (Å²) in [5, 5.41) is 2.14. The lowest BCUT2D eigenvalue weighted by Crippen LogP contribution is -2.19. The SMILES string of the molecule is CC.CCCN(C)Cc1cc(-c2ccccc2)ccc1C.O=Cc1cccc2ccccc12. The smallest absolute Gasteiger partial charge is 0.150 e. The van der Waals surface area contributed by atoms with Crippen LogP contribution in [0.4, 0.5) is 0 Å². The second-order valence-electron chi connectivity index (χ2n) is 7.93. The van der Waals surface area contributed by atoms with E-state index in [4.69, 9.17) is 0 Å². The number of hydrogen-bond donors (Lipinski definition) is 0. The van der Waals surface area contributed by atoms with Crippen LogP contribution in [0.25, 0.3) is 21.9 Å². The van der Waals surface area contributed by atoms with Crippen molar-refractivity contribution in [3.05, 3.63) is 108 Å². The highest BCUT2D eigenvalue weighted by Gasteiger charge is 2.05. The van der Waals surface area contributed by atoms with Gasteiger partial charge in [-0.1, -0.05) is 106 Å². The number of nitrogens with zero attached hydrogens (tertiary/aromatic N) is 1. The van der Waals surface area contributed by atoms with Crippen LogP contribution in [0.2, 0.25) is 0 Å². The number of hydrogen-bond acceptors (Lipinski definition) is 2. The van der Waals surface area contributed by atoms with Gasteiger partial charge in [-0.3, -0.25) is 4.79 Å². The van der Waals surface area contributed by atoms with Gasteiger partial charge in [0.1, 0.15) is 0 Å². The normalized spacial score (nSPS) is 10.1. The maximum Gasteiger partial charge on any atom is 0.150 e. The Kier molecular flexibility index (Phi) is 11.1. The van der Waals surface area contributed by atoms with Crippen LogP contribution in [0.5, 0.6) is 0 Å². The largest absolute Gasteiger partial charge is 0.302 e. The molecule has 0 bridgehead atoms. The van der Waals surface area contributed by atoms with Crippen molar-refractivity contribution in [2.24, 2.45) is 0 Å². The molecule has 2 nitrogen and oxygen atoms in total. The minimum absolute atomic E-state index is 0.758. The van der Waals surface area contributed by atoms with Crippen LogP contribution >= 0.6 is 0 Å². The fourth-order valence-corrected chi connectivity index (χ4v) is 3.76. The van der Waals surface area contributed by atoms with Gasteiger partial charge in [0.15, 0.2) is 6.29 Å². The summed E-state index contributed by atoms with van der Waals surface area (Å²) >= 11 is 0. The molecular formula is C31H37NO. The summed E-state index contributed by atoms with van der Waals surface area (Å²) in [5.41, 5.74) is 6.17. The first kappa shape index (κ1) is 26.0. The minimum atomic E-state index is 0.758. The van der Waals surface area contributed by atoms with E-state index >= 15 is 0 Å². The molecule has 0 N–H and O–H groups in total. The van der Waals surface area contributed by atoms with Gasteiger partial charge in [0, 0.05) is 12.1 Å². The van der Waals surface area contributed by atoms with Gasteiger partial charge >= 0.3 is 0 Å². The van der Waals surface area contributed by atoms with Gasteiger partial charge in [-0.15, -0.1) is 0 Å². The van der Waals surface area contributed by atoms with E-state index < -0.39 is 0 Å². The van der Waals surface area contributed by atoms with Crippen molar-refractivity contribution in [3.63, 3.8) is 0 Å². The third kappa shape index (κ3) is 7.69. The molecule has 0 spiro atoms. The Balaban J connectivity index is 0.000000236. The summed E-state index contributed by atoms with van der Waals surface area (Å²) in [4.78, 5) is 13.0. The Morgan fingerprint density at radius 1 is 0.788 bits per heavy atom. The fourth-order valence-electron chi connectivity index (χ4n) is 3.76. The highest BCUT2D eigenvalue weighted by molar-refractivity contribution is 5.97. The molecule has 0 unspecified atom stereocenters. The van der Waals surface area contributed by atoms with E-state index in [0.29, 0.717) is 0 Å². The summed E-state index contributed by atoms with van der Waals surface area (Å²) in [6.07, 6.45) is 2.09. The van der Waals surface area contributed by atoms with E-state index in [0.717, 1.165) is 35.7 Å². The Hall–Kier alpha value is -3.23. The zero-order valence-electron chi connectivity index (χ0n) is 20.7. The van der Waals surface area contributed by atoms with Crippen molar-refractivity contribution in [1.82, 2.24) is 4.90 Å². The molecule has 0 aliphatic heterocycles. The van der Waals surface area contributed by atoms with Crippen LogP contribution in [-0.4, -0.2) is 24.8 Å². The van der Waals surface area contributed by atoms with E-state index in [1.165, 1.54) is 28.7 Å². The summed E-state index contributed by atoms with van der Waals surface area (Å²) < 4.78 is 0. The first-order valence-corrected chi connectivity index (χ1v) is 11.9. The van der Waals surface area contributed by atoms with Gasteiger partial charge in [-0.05, 0) is 66.0 Å². The molecule has 172 valence electrons. The van der Waals surface area contributed by atoms with Gasteiger partial charge in [0.2, 0.25) is 0 Å². The Morgan fingerprint density at radius 3 is 2.15 bits per heavy atom. The average molecular weight is 440 g/mol. The van der Waals surface area contributed by atoms with Gasteiger partial charge in [-0.2, -0.15) is 0 Å². The van der Waals surface area contributed by atoms with Crippen molar-refractivity contribution < 1.29 is 4.79 Å². The number of carbonyl (C=O) groups excluding carboxylic acids is 1. The topological polar surface area (TPSA) is 20.3 Å². The maximum absolute atomic E-state index is 10.6. The summed E-state index contributed by atoms with van der Waals surface area (Å²) in [5.74, 6) is 0. The number of fused-ring (bicyclic) bond motifs is 1. The minimum Gasteiger partial charge on any atom is -0.302 e. The lowest BCUT2D eigenvalue weighted by molar-refractivity contribution is 0.112. The van der Waals surface area contributed by atoms with Crippen LogP contribution in [0.1, 0.15) is 48.7 Å². The molecule has 4 rings (SSSR count). The zero-order valence-corrected chi connectivity index (χ0v) is 20.7. The van der Waals surface area contributed by atoms with Crippen LogP contribution < -0.4 is 0 Å². The summed E-state index contributed by atoms with van der Waals surface area (Å²) in [6.45, 7) is 10.6. The standard InChI is InChI=1S/C18H23N.C11H8O.C2H6/c1-4-12-19(3)14-18-13-17(11-10-15(18)2)16-8-6-5-7-9-16;12-8-10-6-3-5-9-4-1-2-7-11(9)10;1-2/h5-11,13H,4,12,14H2,1-3H3;1-8H;1-2H3. The molecule has 0 saturated heterocycles. The predicted octanol–water partition coefficient (Wildman–Crippen LogP) is 8.18. The van der Waals surface area contributed by atoms with Crippen molar-refractivity contribution >= 4 is 17.1 Å². The molecule has 4 aromatic carbocycles.